The Kier molecular flexibility index (Phi) is 4.96. The number of hydrogen-bond donors (Lipinski definition) is 0. The summed E-state index contributed by atoms with van der Waals surface area (Å²) in [7, 11) is 0. The first-order valence-corrected chi connectivity index (χ1v) is 8.58. The van der Waals surface area contributed by atoms with Gasteiger partial charge < -0.3 is 4.42 Å². The molecule has 0 aliphatic rings. The van der Waals surface area contributed by atoms with Gasteiger partial charge in [-0.1, -0.05) is 45.9 Å². The molecule has 0 saturated heterocycles. The third-order valence-electron chi connectivity index (χ3n) is 3.12. The first kappa shape index (κ1) is 17.0. The van der Waals surface area contributed by atoms with E-state index in [4.69, 9.17) is 4.42 Å². The second kappa shape index (κ2) is 6.98. The van der Waals surface area contributed by atoms with Crippen molar-refractivity contribution in [2.45, 2.75) is 17.2 Å². The minimum absolute atomic E-state index is 0.366. The van der Waals surface area contributed by atoms with E-state index in [-0.39, 0.29) is 0 Å². The molecular formula is C16H10BrF3N2OS. The molecule has 124 valence electrons. The second-order valence-corrected chi connectivity index (χ2v) is 6.71. The van der Waals surface area contributed by atoms with Gasteiger partial charge >= 0.3 is 6.18 Å². The van der Waals surface area contributed by atoms with E-state index in [0.29, 0.717) is 16.9 Å². The zero-order valence-electron chi connectivity index (χ0n) is 12.0. The molecule has 3 rings (SSSR count). The zero-order valence-corrected chi connectivity index (χ0v) is 14.5. The van der Waals surface area contributed by atoms with Crippen LogP contribution in [0.1, 0.15) is 11.1 Å². The number of halogens is 4. The van der Waals surface area contributed by atoms with Crippen molar-refractivity contribution in [3.63, 3.8) is 0 Å². The lowest BCUT2D eigenvalue weighted by Crippen LogP contribution is -2.04. The van der Waals surface area contributed by atoms with Crippen LogP contribution in [0.2, 0.25) is 0 Å². The molecule has 0 aliphatic carbocycles. The van der Waals surface area contributed by atoms with E-state index in [0.717, 1.165) is 27.7 Å². The van der Waals surface area contributed by atoms with Crippen LogP contribution >= 0.6 is 27.7 Å². The van der Waals surface area contributed by atoms with Gasteiger partial charge in [-0.05, 0) is 35.9 Å². The maximum atomic E-state index is 12.5. The molecule has 3 aromatic rings. The highest BCUT2D eigenvalue weighted by molar-refractivity contribution is 9.10. The first-order chi connectivity index (χ1) is 11.4. The lowest BCUT2D eigenvalue weighted by Gasteiger charge is -2.06. The molecule has 0 amide bonds. The summed E-state index contributed by atoms with van der Waals surface area (Å²) in [5, 5.41) is 8.29. The van der Waals surface area contributed by atoms with Crippen molar-refractivity contribution in [1.82, 2.24) is 10.2 Å². The Hall–Kier alpha value is -1.80. The fraction of sp³-hybridized carbons (Fsp3) is 0.125. The number of benzene rings is 2. The standard InChI is InChI=1S/C16H10BrF3N2OS/c17-13-3-1-2-11(8-13)14-21-22-15(23-14)24-9-10-4-6-12(7-5-10)16(18,19)20/h1-8H,9H2. The summed E-state index contributed by atoms with van der Waals surface area (Å²) in [6.07, 6.45) is -4.32. The molecule has 0 fully saturated rings. The van der Waals surface area contributed by atoms with Crippen LogP contribution in [0, 0.1) is 0 Å². The lowest BCUT2D eigenvalue weighted by atomic mass is 10.1. The molecule has 0 aliphatic heterocycles. The fourth-order valence-corrected chi connectivity index (χ4v) is 3.06. The maximum absolute atomic E-state index is 12.5. The number of hydrogen-bond acceptors (Lipinski definition) is 4. The molecule has 8 heteroatoms. The number of rotatable bonds is 4. The third-order valence-corrected chi connectivity index (χ3v) is 4.50. The van der Waals surface area contributed by atoms with Crippen LogP contribution in [0.3, 0.4) is 0 Å². The Balaban J connectivity index is 1.65. The molecule has 2 aromatic carbocycles. The van der Waals surface area contributed by atoms with E-state index in [2.05, 4.69) is 26.1 Å². The highest BCUT2D eigenvalue weighted by atomic mass is 79.9. The maximum Gasteiger partial charge on any atom is 0.416 e. The average Bonchev–Trinajstić information content (AvgIpc) is 3.01. The van der Waals surface area contributed by atoms with Gasteiger partial charge in [0.05, 0.1) is 5.56 Å². The number of thioether (sulfide) groups is 1. The van der Waals surface area contributed by atoms with Crippen LogP contribution in [0.4, 0.5) is 13.2 Å². The van der Waals surface area contributed by atoms with Crippen molar-refractivity contribution >= 4 is 27.7 Å². The van der Waals surface area contributed by atoms with E-state index >= 15 is 0 Å². The van der Waals surface area contributed by atoms with E-state index in [9.17, 15) is 13.2 Å². The molecule has 0 radical (unpaired) electrons. The summed E-state index contributed by atoms with van der Waals surface area (Å²) in [4.78, 5) is 0. The van der Waals surface area contributed by atoms with Gasteiger partial charge in [-0.2, -0.15) is 13.2 Å². The van der Waals surface area contributed by atoms with Gasteiger partial charge in [0.1, 0.15) is 0 Å². The van der Waals surface area contributed by atoms with E-state index in [1.54, 1.807) is 0 Å². The van der Waals surface area contributed by atoms with Gasteiger partial charge in [-0.25, -0.2) is 0 Å². The van der Waals surface area contributed by atoms with Crippen molar-refractivity contribution in [2.75, 3.05) is 0 Å². The van der Waals surface area contributed by atoms with Gasteiger partial charge in [-0.3, -0.25) is 0 Å². The average molecular weight is 415 g/mol. The summed E-state index contributed by atoms with van der Waals surface area (Å²) in [6.45, 7) is 0. The van der Waals surface area contributed by atoms with Crippen molar-refractivity contribution in [2.24, 2.45) is 0 Å². The highest BCUT2D eigenvalue weighted by Crippen LogP contribution is 2.31. The minimum Gasteiger partial charge on any atom is -0.411 e. The summed E-state index contributed by atoms with van der Waals surface area (Å²) in [5.41, 5.74) is 0.874. The van der Waals surface area contributed by atoms with Crippen molar-refractivity contribution < 1.29 is 17.6 Å². The molecule has 0 atom stereocenters. The van der Waals surface area contributed by atoms with Crippen LogP contribution < -0.4 is 0 Å². The van der Waals surface area contributed by atoms with Crippen LogP contribution in [-0.2, 0) is 11.9 Å². The molecule has 0 N–H and O–H groups in total. The predicted molar refractivity (Wildman–Crippen MR) is 88.4 cm³/mol. The Morgan fingerprint density at radius 1 is 1.04 bits per heavy atom. The van der Waals surface area contributed by atoms with E-state index in [1.807, 2.05) is 24.3 Å². The van der Waals surface area contributed by atoms with E-state index in [1.165, 1.54) is 23.9 Å². The van der Waals surface area contributed by atoms with Crippen molar-refractivity contribution in [1.29, 1.82) is 0 Å². The predicted octanol–water partition coefficient (Wildman–Crippen LogP) is 5.81. The topological polar surface area (TPSA) is 38.9 Å². The normalized spacial score (nSPS) is 11.7. The number of aromatic nitrogens is 2. The number of nitrogens with zero attached hydrogens (tertiary/aromatic N) is 2. The molecule has 0 spiro atoms. The molecule has 0 bridgehead atoms. The summed E-state index contributed by atoms with van der Waals surface area (Å²) >= 11 is 4.65. The number of alkyl halides is 3. The van der Waals surface area contributed by atoms with Crippen molar-refractivity contribution in [3.8, 4) is 11.5 Å². The van der Waals surface area contributed by atoms with Gasteiger partial charge in [0.15, 0.2) is 0 Å². The first-order valence-electron chi connectivity index (χ1n) is 6.80. The third kappa shape index (κ3) is 4.18. The largest absolute Gasteiger partial charge is 0.416 e. The SMILES string of the molecule is FC(F)(F)c1ccc(CSc2nnc(-c3cccc(Br)c3)o2)cc1. The van der Waals surface area contributed by atoms with Gasteiger partial charge in [0, 0.05) is 15.8 Å². The van der Waals surface area contributed by atoms with Crippen LogP contribution in [0.25, 0.3) is 11.5 Å². The van der Waals surface area contributed by atoms with Gasteiger partial charge in [-0.15, -0.1) is 10.2 Å². The molecule has 1 aromatic heterocycles. The van der Waals surface area contributed by atoms with Crippen LogP contribution in [0.5, 0.6) is 0 Å². The van der Waals surface area contributed by atoms with Gasteiger partial charge in [0.2, 0.25) is 5.89 Å². The van der Waals surface area contributed by atoms with E-state index < -0.39 is 11.7 Å². The fourth-order valence-electron chi connectivity index (χ4n) is 1.94. The molecule has 0 saturated carbocycles. The van der Waals surface area contributed by atoms with Crippen molar-refractivity contribution in [3.05, 3.63) is 64.1 Å². The van der Waals surface area contributed by atoms with Crippen LogP contribution in [0.15, 0.2) is 62.6 Å². The quantitative estimate of drug-likeness (QED) is 0.504. The Morgan fingerprint density at radius 3 is 2.46 bits per heavy atom. The molecule has 24 heavy (non-hydrogen) atoms. The van der Waals surface area contributed by atoms with Gasteiger partial charge in [0.25, 0.3) is 5.22 Å². The molecule has 0 unspecified atom stereocenters. The monoisotopic (exact) mass is 414 g/mol. The lowest BCUT2D eigenvalue weighted by molar-refractivity contribution is -0.137. The Bertz CT molecular complexity index is 834. The summed E-state index contributed by atoms with van der Waals surface area (Å²) in [6, 6.07) is 12.5. The molecule has 3 nitrogen and oxygen atoms in total. The highest BCUT2D eigenvalue weighted by Gasteiger charge is 2.29. The molecular weight excluding hydrogens is 405 g/mol. The Labute approximate surface area is 148 Å². The second-order valence-electron chi connectivity index (χ2n) is 4.87. The smallest absolute Gasteiger partial charge is 0.411 e. The summed E-state index contributed by atoms with van der Waals surface area (Å²) < 4.78 is 44.0. The summed E-state index contributed by atoms with van der Waals surface area (Å²) in [5.74, 6) is 0.837. The minimum atomic E-state index is -4.32. The zero-order chi connectivity index (χ0) is 17.2. The van der Waals surface area contributed by atoms with Crippen LogP contribution in [-0.4, -0.2) is 10.2 Å². The Morgan fingerprint density at radius 2 is 1.79 bits per heavy atom. The molecule has 1 heterocycles.